The molecule has 2 aromatic rings. The number of amides is 1. The molecule has 0 fully saturated rings. The largest absolute Gasteiger partial charge is 0.507 e. The molecule has 0 aliphatic rings. The van der Waals surface area contributed by atoms with Crippen LogP contribution in [0.25, 0.3) is 0 Å². The van der Waals surface area contributed by atoms with Gasteiger partial charge in [-0.2, -0.15) is 0 Å². The van der Waals surface area contributed by atoms with E-state index in [1.807, 2.05) is 0 Å². The van der Waals surface area contributed by atoms with Gasteiger partial charge in [0.1, 0.15) is 11.6 Å². The molecule has 1 amide bonds. The Hall–Kier alpha value is -2.84. The lowest BCUT2D eigenvalue weighted by molar-refractivity contribution is 0.102. The number of hydrogen-bond acceptors (Lipinski definition) is 3. The number of phenolic OH excluding ortho intramolecular Hbond substituents is 1. The topological polar surface area (TPSA) is 75.3 Å². The molecule has 21 heavy (non-hydrogen) atoms. The number of nitrogens with one attached hydrogen (secondary N) is 1. The van der Waals surface area contributed by atoms with E-state index in [1.54, 1.807) is 18.2 Å². The van der Waals surface area contributed by atoms with E-state index in [9.17, 15) is 14.3 Å². The summed E-state index contributed by atoms with van der Waals surface area (Å²) in [7, 11) is 0. The number of benzene rings is 2. The zero-order valence-electron chi connectivity index (χ0n) is 11.1. The van der Waals surface area contributed by atoms with E-state index >= 15 is 0 Å². The van der Waals surface area contributed by atoms with Gasteiger partial charge in [0, 0.05) is 5.56 Å². The van der Waals surface area contributed by atoms with Crippen LogP contribution in [0.15, 0.2) is 42.5 Å². The quantitative estimate of drug-likeness (QED) is 0.739. The van der Waals surface area contributed by atoms with E-state index in [0.717, 1.165) is 0 Å². The van der Waals surface area contributed by atoms with E-state index in [1.165, 1.54) is 24.3 Å². The molecule has 0 unspecified atom stereocenters. The lowest BCUT2D eigenvalue weighted by Gasteiger charge is -2.08. The Morgan fingerprint density at radius 2 is 2.05 bits per heavy atom. The average molecular weight is 284 g/mol. The van der Waals surface area contributed by atoms with Crippen LogP contribution in [0, 0.1) is 17.7 Å². The molecule has 0 aromatic heterocycles. The van der Waals surface area contributed by atoms with Gasteiger partial charge < -0.3 is 16.2 Å². The second kappa shape index (κ2) is 6.55. The van der Waals surface area contributed by atoms with Crippen molar-refractivity contribution in [1.82, 2.24) is 0 Å². The van der Waals surface area contributed by atoms with Gasteiger partial charge in [-0.05, 0) is 30.3 Å². The molecule has 0 heterocycles. The van der Waals surface area contributed by atoms with E-state index < -0.39 is 11.7 Å². The summed E-state index contributed by atoms with van der Waals surface area (Å²) in [5, 5.41) is 12.0. The van der Waals surface area contributed by atoms with Crippen molar-refractivity contribution in [2.75, 3.05) is 11.9 Å². The molecular formula is C16H13FN2O2. The fourth-order valence-corrected chi connectivity index (χ4v) is 1.70. The maximum absolute atomic E-state index is 13.9. The van der Waals surface area contributed by atoms with Crippen LogP contribution in [0.3, 0.4) is 0 Å². The van der Waals surface area contributed by atoms with Crippen LogP contribution in [-0.4, -0.2) is 17.6 Å². The highest BCUT2D eigenvalue weighted by Crippen LogP contribution is 2.20. The van der Waals surface area contributed by atoms with E-state index in [2.05, 4.69) is 17.2 Å². The molecule has 2 rings (SSSR count). The van der Waals surface area contributed by atoms with Gasteiger partial charge in [0.15, 0.2) is 0 Å². The van der Waals surface area contributed by atoms with Crippen LogP contribution in [0.5, 0.6) is 5.75 Å². The third-order valence-corrected chi connectivity index (χ3v) is 2.70. The molecule has 106 valence electrons. The summed E-state index contributed by atoms with van der Waals surface area (Å²) in [6, 6.07) is 10.2. The second-order valence-corrected chi connectivity index (χ2v) is 4.17. The summed E-state index contributed by atoms with van der Waals surface area (Å²) in [6.07, 6.45) is 0. The monoisotopic (exact) mass is 284 g/mol. The minimum atomic E-state index is -0.609. The van der Waals surface area contributed by atoms with Crippen molar-refractivity contribution in [3.05, 3.63) is 59.4 Å². The van der Waals surface area contributed by atoms with Crippen molar-refractivity contribution in [3.63, 3.8) is 0 Å². The highest BCUT2D eigenvalue weighted by Gasteiger charge is 2.12. The van der Waals surface area contributed by atoms with Crippen molar-refractivity contribution in [2.24, 2.45) is 5.73 Å². The maximum atomic E-state index is 13.9. The van der Waals surface area contributed by atoms with Crippen molar-refractivity contribution < 1.29 is 14.3 Å². The number of aromatic hydroxyl groups is 1. The summed E-state index contributed by atoms with van der Waals surface area (Å²) in [4.78, 5) is 12.0. The molecule has 0 bridgehead atoms. The zero-order chi connectivity index (χ0) is 15.2. The summed E-state index contributed by atoms with van der Waals surface area (Å²) in [6.45, 7) is 0.188. The van der Waals surface area contributed by atoms with Crippen molar-refractivity contribution in [3.8, 4) is 17.6 Å². The van der Waals surface area contributed by atoms with Crippen LogP contribution < -0.4 is 11.1 Å². The lowest BCUT2D eigenvalue weighted by atomic mass is 10.1. The Labute approximate surface area is 121 Å². The number of rotatable bonds is 2. The van der Waals surface area contributed by atoms with Gasteiger partial charge in [0.05, 0.1) is 17.8 Å². The van der Waals surface area contributed by atoms with Gasteiger partial charge in [-0.15, -0.1) is 0 Å². The molecule has 2 aromatic carbocycles. The highest BCUT2D eigenvalue weighted by molar-refractivity contribution is 6.06. The standard InChI is InChI=1S/C16H13FN2O2/c17-13-10-11(4-3-9-18)7-8-14(13)19-16(21)12-5-1-2-6-15(12)20/h1-2,5-8,10,20H,9,18H2,(H,19,21). The second-order valence-electron chi connectivity index (χ2n) is 4.17. The van der Waals surface area contributed by atoms with Gasteiger partial charge in [-0.1, -0.05) is 24.0 Å². The first-order chi connectivity index (χ1) is 10.1. The first-order valence-corrected chi connectivity index (χ1v) is 6.19. The number of hydrogen-bond donors (Lipinski definition) is 3. The summed E-state index contributed by atoms with van der Waals surface area (Å²) in [5.74, 6) is 3.95. The van der Waals surface area contributed by atoms with Crippen LogP contribution in [0.2, 0.25) is 0 Å². The van der Waals surface area contributed by atoms with Gasteiger partial charge in [0.2, 0.25) is 0 Å². The Morgan fingerprint density at radius 3 is 2.71 bits per heavy atom. The fraction of sp³-hybridized carbons (Fsp3) is 0.0625. The Balaban J connectivity index is 2.20. The fourth-order valence-electron chi connectivity index (χ4n) is 1.70. The predicted octanol–water partition coefficient (Wildman–Crippen LogP) is 2.09. The number of carbonyl (C=O) groups is 1. The lowest BCUT2D eigenvalue weighted by Crippen LogP contribution is -2.13. The van der Waals surface area contributed by atoms with Gasteiger partial charge in [-0.25, -0.2) is 4.39 Å². The first kappa shape index (κ1) is 14.6. The normalized spacial score (nSPS) is 9.62. The Morgan fingerprint density at radius 1 is 1.29 bits per heavy atom. The third-order valence-electron chi connectivity index (χ3n) is 2.70. The molecule has 0 radical (unpaired) electrons. The van der Waals surface area contributed by atoms with Crippen LogP contribution in [-0.2, 0) is 0 Å². The Bertz CT molecular complexity index is 733. The number of phenols is 1. The van der Waals surface area contributed by atoms with Gasteiger partial charge in [-0.3, -0.25) is 4.79 Å². The molecule has 0 aliphatic carbocycles. The molecule has 5 heteroatoms. The van der Waals surface area contributed by atoms with Crippen molar-refractivity contribution in [1.29, 1.82) is 0 Å². The molecule has 0 aliphatic heterocycles. The van der Waals surface area contributed by atoms with Crippen molar-refractivity contribution in [2.45, 2.75) is 0 Å². The molecule has 0 spiro atoms. The summed E-state index contributed by atoms with van der Waals surface area (Å²) < 4.78 is 13.9. The summed E-state index contributed by atoms with van der Waals surface area (Å²) in [5.41, 5.74) is 5.80. The van der Waals surface area contributed by atoms with Crippen LogP contribution in [0.4, 0.5) is 10.1 Å². The predicted molar refractivity (Wildman–Crippen MR) is 78.4 cm³/mol. The van der Waals surface area contributed by atoms with Crippen LogP contribution in [0.1, 0.15) is 15.9 Å². The molecule has 4 N–H and O–H groups in total. The number of para-hydroxylation sites is 1. The third kappa shape index (κ3) is 3.59. The van der Waals surface area contributed by atoms with Gasteiger partial charge in [0.25, 0.3) is 5.91 Å². The summed E-state index contributed by atoms with van der Waals surface area (Å²) >= 11 is 0. The molecule has 0 saturated carbocycles. The zero-order valence-corrected chi connectivity index (χ0v) is 11.1. The average Bonchev–Trinajstić information content (AvgIpc) is 2.48. The van der Waals surface area contributed by atoms with Crippen molar-refractivity contribution >= 4 is 11.6 Å². The van der Waals surface area contributed by atoms with E-state index in [0.29, 0.717) is 5.56 Å². The van der Waals surface area contributed by atoms with Crippen LogP contribution >= 0.6 is 0 Å². The maximum Gasteiger partial charge on any atom is 0.259 e. The number of anilines is 1. The number of carbonyl (C=O) groups excluding carboxylic acids is 1. The molecule has 4 nitrogen and oxygen atoms in total. The van der Waals surface area contributed by atoms with E-state index in [4.69, 9.17) is 5.73 Å². The molecule has 0 atom stereocenters. The minimum Gasteiger partial charge on any atom is -0.507 e. The number of halogens is 1. The number of nitrogens with two attached hydrogens (primary N) is 1. The minimum absolute atomic E-state index is 0.0153. The van der Waals surface area contributed by atoms with E-state index in [-0.39, 0.29) is 23.5 Å². The highest BCUT2D eigenvalue weighted by atomic mass is 19.1. The first-order valence-electron chi connectivity index (χ1n) is 6.19. The molecular weight excluding hydrogens is 271 g/mol. The molecule has 0 saturated heterocycles. The smallest absolute Gasteiger partial charge is 0.259 e. The van der Waals surface area contributed by atoms with Gasteiger partial charge >= 0.3 is 0 Å². The Kier molecular flexibility index (Phi) is 4.54. The SMILES string of the molecule is NCC#Cc1ccc(NC(=O)c2ccccc2O)c(F)c1.